The van der Waals surface area contributed by atoms with Gasteiger partial charge in [-0.15, -0.1) is 0 Å². The lowest BCUT2D eigenvalue weighted by Crippen LogP contribution is -2.70. The smallest absolute Gasteiger partial charge is 0.246 e. The molecule has 0 aromatic heterocycles. The molecule has 156 valence electrons. The highest BCUT2D eigenvalue weighted by atomic mass is 19.2. The van der Waals surface area contributed by atoms with Gasteiger partial charge in [0.05, 0.1) is 11.6 Å². The molecule has 1 heterocycles. The van der Waals surface area contributed by atoms with Crippen molar-refractivity contribution < 1.29 is 22.8 Å². The average Bonchev–Trinajstić information content (AvgIpc) is 2.72. The minimum Gasteiger partial charge on any atom is -0.342 e. The van der Waals surface area contributed by atoms with E-state index >= 15 is 0 Å². The summed E-state index contributed by atoms with van der Waals surface area (Å²) in [6.45, 7) is 3.03. The SMILES string of the molecule is CC(c1c(C#N)ccc(F)c1F)C1NC(=O)C(C)(Cc2ccc(F)cc2)N(C)C1=O. The molecule has 2 aromatic rings. The van der Waals surface area contributed by atoms with Crippen molar-refractivity contribution in [2.45, 2.75) is 37.8 Å². The number of amides is 2. The van der Waals surface area contributed by atoms with E-state index in [2.05, 4.69) is 5.32 Å². The van der Waals surface area contributed by atoms with E-state index < -0.39 is 46.8 Å². The van der Waals surface area contributed by atoms with Crippen molar-refractivity contribution in [1.82, 2.24) is 10.2 Å². The van der Waals surface area contributed by atoms with Gasteiger partial charge in [0.2, 0.25) is 11.8 Å². The summed E-state index contributed by atoms with van der Waals surface area (Å²) < 4.78 is 41.4. The molecule has 0 aliphatic carbocycles. The van der Waals surface area contributed by atoms with E-state index in [0.717, 1.165) is 12.1 Å². The minimum atomic E-state index is -1.26. The fraction of sp³-hybridized carbons (Fsp3) is 0.318. The lowest BCUT2D eigenvalue weighted by molar-refractivity contribution is -0.154. The highest BCUT2D eigenvalue weighted by Gasteiger charge is 2.49. The maximum Gasteiger partial charge on any atom is 0.246 e. The van der Waals surface area contributed by atoms with Crippen LogP contribution < -0.4 is 5.32 Å². The van der Waals surface area contributed by atoms with Crippen molar-refractivity contribution in [3.63, 3.8) is 0 Å². The lowest BCUT2D eigenvalue weighted by Gasteiger charge is -2.46. The number of likely N-dealkylation sites (N-methyl/N-ethyl adjacent to an activating group) is 1. The Morgan fingerprint density at radius 3 is 2.40 bits per heavy atom. The standard InChI is InChI=1S/C22H20F3N3O2/c1-12(17-14(11-26)6-9-16(24)18(17)25)19-20(29)28(3)22(2,21(30)27-19)10-13-4-7-15(23)8-5-13/h4-9,12,19H,10H2,1-3H3,(H,27,30). The van der Waals surface area contributed by atoms with Crippen LogP contribution in [-0.2, 0) is 16.0 Å². The summed E-state index contributed by atoms with van der Waals surface area (Å²) in [5, 5.41) is 11.9. The van der Waals surface area contributed by atoms with Crippen molar-refractivity contribution in [3.8, 4) is 6.07 Å². The fourth-order valence-electron chi connectivity index (χ4n) is 3.78. The highest BCUT2D eigenvalue weighted by molar-refractivity contribution is 6.00. The number of halogens is 3. The molecule has 1 fully saturated rings. The quantitative estimate of drug-likeness (QED) is 0.834. The van der Waals surface area contributed by atoms with E-state index in [0.29, 0.717) is 5.56 Å². The summed E-state index contributed by atoms with van der Waals surface area (Å²) in [6.07, 6.45) is 0.139. The van der Waals surface area contributed by atoms with Gasteiger partial charge in [-0.3, -0.25) is 9.59 Å². The number of carbonyl (C=O) groups excluding carboxylic acids is 2. The topological polar surface area (TPSA) is 73.2 Å². The largest absolute Gasteiger partial charge is 0.342 e. The first kappa shape index (κ1) is 21.4. The monoisotopic (exact) mass is 415 g/mol. The molecule has 30 heavy (non-hydrogen) atoms. The molecule has 8 heteroatoms. The van der Waals surface area contributed by atoms with E-state index in [9.17, 15) is 28.0 Å². The van der Waals surface area contributed by atoms with E-state index in [1.165, 1.54) is 43.1 Å². The highest BCUT2D eigenvalue weighted by Crippen LogP contribution is 2.33. The number of nitriles is 1. The van der Waals surface area contributed by atoms with Gasteiger partial charge in [-0.1, -0.05) is 19.1 Å². The van der Waals surface area contributed by atoms with E-state index in [-0.39, 0.29) is 17.5 Å². The van der Waals surface area contributed by atoms with Crippen LogP contribution in [0.1, 0.15) is 36.5 Å². The Kier molecular flexibility index (Phi) is 5.57. The second kappa shape index (κ2) is 7.82. The Bertz CT molecular complexity index is 1050. The van der Waals surface area contributed by atoms with Crippen LogP contribution in [0.25, 0.3) is 0 Å². The summed E-state index contributed by atoms with van der Waals surface area (Å²) in [5.74, 6) is -4.74. The number of nitrogens with zero attached hydrogens (tertiary/aromatic N) is 2. The Morgan fingerprint density at radius 2 is 1.80 bits per heavy atom. The first-order chi connectivity index (χ1) is 14.1. The van der Waals surface area contributed by atoms with Gasteiger partial charge in [-0.05, 0) is 36.8 Å². The van der Waals surface area contributed by atoms with E-state index in [4.69, 9.17) is 0 Å². The van der Waals surface area contributed by atoms with E-state index in [1.54, 1.807) is 13.0 Å². The zero-order valence-electron chi connectivity index (χ0n) is 16.7. The zero-order valence-corrected chi connectivity index (χ0v) is 16.7. The normalized spacial score (nSPS) is 22.4. The molecule has 2 amide bonds. The molecule has 0 bridgehead atoms. The number of carbonyl (C=O) groups is 2. The number of piperazine rings is 1. The van der Waals surface area contributed by atoms with Crippen LogP contribution in [0, 0.1) is 28.8 Å². The maximum absolute atomic E-state index is 14.5. The Labute approximate surface area is 172 Å². The number of rotatable bonds is 4. The third kappa shape index (κ3) is 3.52. The minimum absolute atomic E-state index is 0.106. The number of hydrogen-bond donors (Lipinski definition) is 1. The Hall–Kier alpha value is -3.34. The van der Waals surface area contributed by atoms with Crippen molar-refractivity contribution in [1.29, 1.82) is 5.26 Å². The third-order valence-corrected chi connectivity index (χ3v) is 5.78. The Morgan fingerprint density at radius 1 is 1.17 bits per heavy atom. The Balaban J connectivity index is 1.93. The molecule has 0 saturated carbocycles. The first-order valence-electron chi connectivity index (χ1n) is 9.31. The lowest BCUT2D eigenvalue weighted by atomic mass is 9.82. The molecule has 1 N–H and O–H groups in total. The molecule has 3 atom stereocenters. The molecule has 3 unspecified atom stereocenters. The molecule has 1 aliphatic heterocycles. The predicted molar refractivity (Wildman–Crippen MR) is 103 cm³/mol. The van der Waals surface area contributed by atoms with Gasteiger partial charge in [0.1, 0.15) is 17.4 Å². The van der Waals surface area contributed by atoms with Crippen LogP contribution in [0.4, 0.5) is 13.2 Å². The predicted octanol–water partition coefficient (Wildman–Crippen LogP) is 3.04. The van der Waals surface area contributed by atoms with E-state index in [1.807, 2.05) is 0 Å². The molecular formula is C22H20F3N3O2. The fourth-order valence-corrected chi connectivity index (χ4v) is 3.78. The van der Waals surface area contributed by atoms with Crippen molar-refractivity contribution in [2.75, 3.05) is 7.05 Å². The van der Waals surface area contributed by atoms with Gasteiger partial charge in [0.25, 0.3) is 0 Å². The average molecular weight is 415 g/mol. The van der Waals surface area contributed by atoms with Crippen LogP contribution >= 0.6 is 0 Å². The molecule has 5 nitrogen and oxygen atoms in total. The van der Waals surface area contributed by atoms with Crippen LogP contribution in [0.15, 0.2) is 36.4 Å². The van der Waals surface area contributed by atoms with Gasteiger partial charge in [0.15, 0.2) is 11.6 Å². The van der Waals surface area contributed by atoms with Gasteiger partial charge in [0, 0.05) is 24.9 Å². The summed E-state index contributed by atoms with van der Waals surface area (Å²) in [7, 11) is 1.46. The molecule has 0 radical (unpaired) electrons. The van der Waals surface area contributed by atoms with Gasteiger partial charge >= 0.3 is 0 Å². The summed E-state index contributed by atoms with van der Waals surface area (Å²) >= 11 is 0. The molecule has 1 aliphatic rings. The van der Waals surface area contributed by atoms with Crippen molar-refractivity contribution >= 4 is 11.8 Å². The van der Waals surface area contributed by atoms with Crippen LogP contribution in [0.2, 0.25) is 0 Å². The number of hydrogen-bond acceptors (Lipinski definition) is 3. The molecule has 1 saturated heterocycles. The summed E-state index contributed by atoms with van der Waals surface area (Å²) in [6, 6.07) is 8.20. The third-order valence-electron chi connectivity index (χ3n) is 5.78. The van der Waals surface area contributed by atoms with Gasteiger partial charge in [-0.2, -0.15) is 5.26 Å². The van der Waals surface area contributed by atoms with Gasteiger partial charge in [-0.25, -0.2) is 13.2 Å². The van der Waals surface area contributed by atoms with Crippen LogP contribution in [0.3, 0.4) is 0 Å². The first-order valence-corrected chi connectivity index (χ1v) is 9.31. The van der Waals surface area contributed by atoms with Crippen molar-refractivity contribution in [2.24, 2.45) is 0 Å². The second-order valence-electron chi connectivity index (χ2n) is 7.65. The van der Waals surface area contributed by atoms with Gasteiger partial charge < -0.3 is 10.2 Å². The molecular weight excluding hydrogens is 395 g/mol. The second-order valence-corrected chi connectivity index (χ2v) is 7.65. The summed E-state index contributed by atoms with van der Waals surface area (Å²) in [5.41, 5.74) is -0.968. The summed E-state index contributed by atoms with van der Waals surface area (Å²) in [4.78, 5) is 27.3. The van der Waals surface area contributed by atoms with Crippen LogP contribution in [-0.4, -0.2) is 35.3 Å². The number of benzene rings is 2. The van der Waals surface area contributed by atoms with Crippen molar-refractivity contribution in [3.05, 3.63) is 70.5 Å². The maximum atomic E-state index is 14.5. The zero-order chi connectivity index (χ0) is 22.2. The molecule has 3 rings (SSSR count). The number of nitrogens with one attached hydrogen (secondary N) is 1. The molecule has 2 aromatic carbocycles. The molecule has 0 spiro atoms. The van der Waals surface area contributed by atoms with Crippen LogP contribution in [0.5, 0.6) is 0 Å².